The van der Waals surface area contributed by atoms with Gasteiger partial charge in [-0.3, -0.25) is 0 Å². The minimum atomic E-state index is -0.185. The molecule has 0 bridgehead atoms. The predicted molar refractivity (Wildman–Crippen MR) is 101 cm³/mol. The van der Waals surface area contributed by atoms with Crippen LogP contribution in [0, 0.1) is 5.92 Å². The number of hydrogen-bond acceptors (Lipinski definition) is 3. The first-order chi connectivity index (χ1) is 11.7. The van der Waals surface area contributed by atoms with Crippen LogP contribution in [0.1, 0.15) is 57.9 Å². The lowest BCUT2D eigenvalue weighted by atomic mass is 9.88. The van der Waals surface area contributed by atoms with Gasteiger partial charge in [-0.15, -0.1) is 0 Å². The van der Waals surface area contributed by atoms with Gasteiger partial charge in [0.25, 0.3) is 0 Å². The highest BCUT2D eigenvalue weighted by Gasteiger charge is 2.27. The van der Waals surface area contributed by atoms with Crippen LogP contribution in [0.15, 0.2) is 24.3 Å². The Balaban J connectivity index is 1.86. The molecule has 0 spiro atoms. The molecule has 1 heterocycles. The van der Waals surface area contributed by atoms with Crippen molar-refractivity contribution in [3.63, 3.8) is 0 Å². The van der Waals surface area contributed by atoms with Crippen molar-refractivity contribution >= 4 is 0 Å². The van der Waals surface area contributed by atoms with Crippen molar-refractivity contribution in [1.82, 2.24) is 4.90 Å². The fraction of sp³-hybridized carbons (Fsp3) is 0.714. The molecule has 0 radical (unpaired) electrons. The van der Waals surface area contributed by atoms with Gasteiger partial charge in [0.2, 0.25) is 0 Å². The summed E-state index contributed by atoms with van der Waals surface area (Å²) >= 11 is 0. The number of ether oxygens (including phenoxy) is 1. The number of aliphatic hydroxyl groups excluding tert-OH is 1. The lowest BCUT2D eigenvalue weighted by Gasteiger charge is -2.35. The van der Waals surface area contributed by atoms with Gasteiger partial charge in [0.1, 0.15) is 5.75 Å². The van der Waals surface area contributed by atoms with Crippen LogP contribution in [0.5, 0.6) is 5.75 Å². The molecule has 0 saturated carbocycles. The minimum Gasteiger partial charge on any atom is -0.493 e. The van der Waals surface area contributed by atoms with E-state index in [2.05, 4.69) is 36.9 Å². The van der Waals surface area contributed by atoms with E-state index < -0.39 is 0 Å². The summed E-state index contributed by atoms with van der Waals surface area (Å²) in [6, 6.07) is 8.36. The first-order valence-electron chi connectivity index (χ1n) is 9.85. The van der Waals surface area contributed by atoms with Gasteiger partial charge in [-0.05, 0) is 37.4 Å². The summed E-state index contributed by atoms with van der Waals surface area (Å²) in [6.45, 7) is 8.32. The molecule has 0 amide bonds. The molecule has 3 heteroatoms. The zero-order valence-electron chi connectivity index (χ0n) is 15.5. The van der Waals surface area contributed by atoms with Gasteiger partial charge in [0.05, 0.1) is 12.7 Å². The maximum Gasteiger partial charge on any atom is 0.122 e. The number of para-hydroxylation sites is 1. The Morgan fingerprint density at radius 2 is 1.92 bits per heavy atom. The second-order valence-electron chi connectivity index (χ2n) is 7.08. The van der Waals surface area contributed by atoms with Crippen LogP contribution in [0.3, 0.4) is 0 Å². The van der Waals surface area contributed by atoms with Gasteiger partial charge in [-0.25, -0.2) is 0 Å². The molecule has 2 atom stereocenters. The molecule has 1 aromatic carbocycles. The van der Waals surface area contributed by atoms with Gasteiger partial charge in [-0.2, -0.15) is 0 Å². The molecule has 1 N–H and O–H groups in total. The Labute approximate surface area is 148 Å². The zero-order chi connectivity index (χ0) is 17.2. The Hall–Kier alpha value is -1.06. The van der Waals surface area contributed by atoms with Gasteiger partial charge in [-0.1, -0.05) is 57.7 Å². The Morgan fingerprint density at radius 3 is 2.71 bits per heavy atom. The third-order valence-electron chi connectivity index (χ3n) is 5.19. The first-order valence-corrected chi connectivity index (χ1v) is 9.85. The number of piperidine rings is 1. The number of aliphatic hydroxyl groups is 1. The lowest BCUT2D eigenvalue weighted by Crippen LogP contribution is -2.43. The number of rotatable bonds is 10. The van der Waals surface area contributed by atoms with Crippen molar-refractivity contribution in [3.8, 4) is 5.75 Å². The highest BCUT2D eigenvalue weighted by atomic mass is 16.5. The maximum absolute atomic E-state index is 10.4. The van der Waals surface area contributed by atoms with E-state index in [-0.39, 0.29) is 6.10 Å². The van der Waals surface area contributed by atoms with Crippen LogP contribution in [0.2, 0.25) is 0 Å². The number of nitrogens with zero attached hydrogens (tertiary/aromatic N) is 1. The summed E-state index contributed by atoms with van der Waals surface area (Å²) in [5.74, 6) is 1.32. The third kappa shape index (κ3) is 6.10. The van der Waals surface area contributed by atoms with Crippen LogP contribution in [-0.4, -0.2) is 42.4 Å². The Kier molecular flexibility index (Phi) is 8.62. The molecule has 24 heavy (non-hydrogen) atoms. The van der Waals surface area contributed by atoms with Gasteiger partial charge in [0.15, 0.2) is 0 Å². The van der Waals surface area contributed by atoms with Gasteiger partial charge < -0.3 is 14.7 Å². The number of benzene rings is 1. The molecule has 136 valence electrons. The van der Waals surface area contributed by atoms with Crippen LogP contribution < -0.4 is 4.74 Å². The monoisotopic (exact) mass is 333 g/mol. The molecule has 2 rings (SSSR count). The summed E-state index contributed by atoms with van der Waals surface area (Å²) in [7, 11) is 0. The first kappa shape index (κ1) is 19.3. The van der Waals surface area contributed by atoms with E-state index in [9.17, 15) is 5.11 Å². The molecule has 0 aromatic heterocycles. The summed E-state index contributed by atoms with van der Waals surface area (Å²) < 4.78 is 6.05. The Morgan fingerprint density at radius 1 is 1.12 bits per heavy atom. The summed E-state index contributed by atoms with van der Waals surface area (Å²) in [5, 5.41) is 10.4. The van der Waals surface area contributed by atoms with Crippen molar-refractivity contribution in [2.24, 2.45) is 5.92 Å². The molecule has 0 aliphatic carbocycles. The van der Waals surface area contributed by atoms with E-state index >= 15 is 0 Å². The third-order valence-corrected chi connectivity index (χ3v) is 5.19. The fourth-order valence-corrected chi connectivity index (χ4v) is 3.57. The second-order valence-corrected chi connectivity index (χ2v) is 7.08. The average Bonchev–Trinajstić information content (AvgIpc) is 2.61. The Bertz CT molecular complexity index is 463. The normalized spacial score (nSPS) is 21.8. The van der Waals surface area contributed by atoms with Crippen molar-refractivity contribution in [1.29, 1.82) is 0 Å². The summed E-state index contributed by atoms with van der Waals surface area (Å²) in [5.41, 5.74) is 1.24. The van der Waals surface area contributed by atoms with Gasteiger partial charge in [0, 0.05) is 19.0 Å². The topological polar surface area (TPSA) is 32.7 Å². The second kappa shape index (κ2) is 10.7. The van der Waals surface area contributed by atoms with Crippen LogP contribution in [0.25, 0.3) is 0 Å². The van der Waals surface area contributed by atoms with Gasteiger partial charge >= 0.3 is 0 Å². The van der Waals surface area contributed by atoms with Crippen molar-refractivity contribution in [2.45, 2.75) is 64.9 Å². The number of unbranched alkanes of at least 4 members (excludes halogenated alkanes) is 4. The standard InChI is InChI=1S/C21H35NO2/c1-3-5-6-7-10-15-24-21-12-9-8-11-18(21)16-19-17-22(4-2)14-13-20(19)23/h8-9,11-12,19-20,23H,3-7,10,13-17H2,1-2H3. The quantitative estimate of drug-likeness (QED) is 0.649. The molecule has 2 unspecified atom stereocenters. The van der Waals surface area contributed by atoms with Crippen LogP contribution >= 0.6 is 0 Å². The fourth-order valence-electron chi connectivity index (χ4n) is 3.57. The van der Waals surface area contributed by atoms with E-state index in [1.807, 2.05) is 6.07 Å². The number of likely N-dealkylation sites (tertiary alicyclic amines) is 1. The molecular formula is C21H35NO2. The smallest absolute Gasteiger partial charge is 0.122 e. The summed E-state index contributed by atoms with van der Waals surface area (Å²) in [6.07, 6.45) is 7.90. The molecule has 1 aliphatic rings. The molecular weight excluding hydrogens is 298 g/mol. The zero-order valence-corrected chi connectivity index (χ0v) is 15.5. The van der Waals surface area contributed by atoms with Crippen LogP contribution in [0.4, 0.5) is 0 Å². The van der Waals surface area contributed by atoms with Crippen molar-refractivity contribution in [3.05, 3.63) is 29.8 Å². The maximum atomic E-state index is 10.4. The molecule has 1 aromatic rings. The molecule has 3 nitrogen and oxygen atoms in total. The van der Waals surface area contributed by atoms with E-state index in [1.54, 1.807) is 0 Å². The van der Waals surface area contributed by atoms with Crippen molar-refractivity contribution in [2.75, 3.05) is 26.2 Å². The van der Waals surface area contributed by atoms with E-state index in [4.69, 9.17) is 4.74 Å². The highest BCUT2D eigenvalue weighted by Crippen LogP contribution is 2.26. The van der Waals surface area contributed by atoms with E-state index in [0.29, 0.717) is 5.92 Å². The number of hydrogen-bond donors (Lipinski definition) is 1. The van der Waals surface area contributed by atoms with Crippen molar-refractivity contribution < 1.29 is 9.84 Å². The molecule has 1 aliphatic heterocycles. The lowest BCUT2D eigenvalue weighted by molar-refractivity contribution is 0.0287. The van der Waals surface area contributed by atoms with E-state index in [1.165, 1.54) is 31.2 Å². The predicted octanol–water partition coefficient (Wildman–Crippen LogP) is 4.28. The van der Waals surface area contributed by atoms with Crippen LogP contribution in [-0.2, 0) is 6.42 Å². The SMILES string of the molecule is CCCCCCCOc1ccccc1CC1CN(CC)CCC1O. The molecule has 1 saturated heterocycles. The summed E-state index contributed by atoms with van der Waals surface area (Å²) in [4.78, 5) is 2.44. The van der Waals surface area contributed by atoms with E-state index in [0.717, 1.165) is 51.3 Å². The minimum absolute atomic E-state index is 0.185. The average molecular weight is 334 g/mol. The highest BCUT2D eigenvalue weighted by molar-refractivity contribution is 5.33. The largest absolute Gasteiger partial charge is 0.493 e. The molecule has 1 fully saturated rings.